The Balaban J connectivity index is 2.82. The van der Waals surface area contributed by atoms with E-state index in [0.29, 0.717) is 6.54 Å². The van der Waals surface area contributed by atoms with Gasteiger partial charge in [-0.05, 0) is 13.3 Å². The number of nitrogens with zero attached hydrogens (tertiary/aromatic N) is 2. The number of carboxylic acids is 1. The number of aliphatic carboxylic acids is 1. The second-order valence-electron chi connectivity index (χ2n) is 4.17. The Hall–Kier alpha value is -1.94. The molecule has 1 heterocycles. The first-order valence-corrected chi connectivity index (χ1v) is 7.62. The van der Waals surface area contributed by atoms with Gasteiger partial charge in [0.2, 0.25) is 0 Å². The molecule has 1 atom stereocenters. The van der Waals surface area contributed by atoms with E-state index in [1.165, 1.54) is 19.6 Å². The normalized spacial score (nSPS) is 12.9. The highest BCUT2D eigenvalue weighted by atomic mass is 32.2. The summed E-state index contributed by atoms with van der Waals surface area (Å²) in [7, 11) is -2.90. The molecule has 21 heavy (non-hydrogen) atoms. The van der Waals surface area contributed by atoms with E-state index in [2.05, 4.69) is 9.72 Å². The molecule has 118 valence electrons. The maximum atomic E-state index is 12.0. The van der Waals surface area contributed by atoms with Gasteiger partial charge in [0, 0.05) is 19.2 Å². The van der Waals surface area contributed by atoms with Gasteiger partial charge in [-0.25, -0.2) is 13.4 Å². The van der Waals surface area contributed by atoms with Gasteiger partial charge in [0.15, 0.2) is 5.03 Å². The van der Waals surface area contributed by atoms with Gasteiger partial charge in [0.1, 0.15) is 6.04 Å². The summed E-state index contributed by atoms with van der Waals surface area (Å²) >= 11 is 0. The van der Waals surface area contributed by atoms with Crippen LogP contribution in [0.5, 0.6) is 0 Å². The van der Waals surface area contributed by atoms with Gasteiger partial charge in [-0.2, -0.15) is 4.72 Å². The Bertz CT molecular complexity index is 609. The number of methoxy groups -OCH3 is 1. The summed E-state index contributed by atoms with van der Waals surface area (Å²) in [6.07, 6.45) is 2.20. The lowest BCUT2D eigenvalue weighted by atomic mass is 10.2. The van der Waals surface area contributed by atoms with Crippen molar-refractivity contribution < 1.29 is 27.9 Å². The predicted octanol–water partition coefficient (Wildman–Crippen LogP) is -0.412. The number of rotatable bonds is 8. The predicted molar refractivity (Wildman–Crippen MR) is 70.9 cm³/mol. The number of carbonyl (C=O) groups is 2. The van der Waals surface area contributed by atoms with Crippen LogP contribution in [0.1, 0.15) is 19.8 Å². The van der Waals surface area contributed by atoms with Crippen LogP contribution in [-0.4, -0.2) is 48.2 Å². The number of carbonyl (C=O) groups excluding carboxylic acids is 1. The van der Waals surface area contributed by atoms with Crippen LogP contribution in [0.4, 0.5) is 0 Å². The lowest BCUT2D eigenvalue weighted by Crippen LogP contribution is -2.41. The van der Waals surface area contributed by atoms with Gasteiger partial charge >= 0.3 is 11.9 Å². The third-order valence-corrected chi connectivity index (χ3v) is 4.07. The Morgan fingerprint density at radius 2 is 2.19 bits per heavy atom. The number of carboxylic acid groups (broad SMARTS) is 1. The van der Waals surface area contributed by atoms with Crippen molar-refractivity contribution >= 4 is 22.0 Å². The number of nitrogens with one attached hydrogen (secondary N) is 1. The van der Waals surface area contributed by atoms with Gasteiger partial charge in [-0.3, -0.25) is 9.59 Å². The van der Waals surface area contributed by atoms with Crippen LogP contribution in [0, 0.1) is 0 Å². The number of esters is 1. The Morgan fingerprint density at radius 1 is 1.52 bits per heavy atom. The van der Waals surface area contributed by atoms with Gasteiger partial charge in [0.25, 0.3) is 10.0 Å². The molecule has 0 unspecified atom stereocenters. The van der Waals surface area contributed by atoms with Crippen LogP contribution in [0.25, 0.3) is 0 Å². The lowest BCUT2D eigenvalue weighted by Gasteiger charge is -2.12. The molecule has 0 aromatic carbocycles. The number of sulfonamides is 1. The molecule has 0 aliphatic heterocycles. The summed E-state index contributed by atoms with van der Waals surface area (Å²) in [6.45, 7) is 2.34. The van der Waals surface area contributed by atoms with E-state index in [0.717, 1.165) is 0 Å². The Kier molecular flexibility index (Phi) is 5.85. The molecule has 0 fully saturated rings. The van der Waals surface area contributed by atoms with E-state index in [1.807, 2.05) is 11.6 Å². The Morgan fingerprint density at radius 3 is 2.67 bits per heavy atom. The van der Waals surface area contributed by atoms with Crippen LogP contribution >= 0.6 is 0 Å². The van der Waals surface area contributed by atoms with E-state index in [-0.39, 0.29) is 17.9 Å². The molecule has 2 N–H and O–H groups in total. The summed E-state index contributed by atoms with van der Waals surface area (Å²) in [4.78, 5) is 25.8. The first-order chi connectivity index (χ1) is 9.80. The average Bonchev–Trinajstić information content (AvgIpc) is 2.92. The topological polar surface area (TPSA) is 128 Å². The van der Waals surface area contributed by atoms with Crippen LogP contribution in [0.15, 0.2) is 17.6 Å². The van der Waals surface area contributed by atoms with Crippen molar-refractivity contribution in [1.29, 1.82) is 0 Å². The number of ether oxygens (including phenoxy) is 1. The van der Waals surface area contributed by atoms with Crippen LogP contribution in [0.3, 0.4) is 0 Å². The maximum absolute atomic E-state index is 12.0. The highest BCUT2D eigenvalue weighted by Gasteiger charge is 2.27. The van der Waals surface area contributed by atoms with Crippen LogP contribution in [0.2, 0.25) is 0 Å². The van der Waals surface area contributed by atoms with Crippen molar-refractivity contribution in [1.82, 2.24) is 14.3 Å². The molecule has 0 amide bonds. The molecule has 1 aromatic rings. The van der Waals surface area contributed by atoms with Gasteiger partial charge in [-0.1, -0.05) is 0 Å². The average molecular weight is 319 g/mol. The maximum Gasteiger partial charge on any atom is 0.321 e. The van der Waals surface area contributed by atoms with Gasteiger partial charge < -0.3 is 14.4 Å². The molecule has 1 rings (SSSR count). The van der Waals surface area contributed by atoms with Crippen LogP contribution < -0.4 is 4.72 Å². The molecule has 0 bridgehead atoms. The van der Waals surface area contributed by atoms with Crippen LogP contribution in [-0.2, 0) is 30.9 Å². The summed E-state index contributed by atoms with van der Waals surface area (Å²) in [6, 6.07) is -1.43. The fraction of sp³-hybridized carbons (Fsp3) is 0.545. The minimum atomic E-state index is -4.06. The molecule has 9 nitrogen and oxygen atoms in total. The van der Waals surface area contributed by atoms with E-state index < -0.39 is 28.0 Å². The Labute approximate surface area is 122 Å². The van der Waals surface area contributed by atoms with Gasteiger partial charge in [0.05, 0.1) is 13.4 Å². The molecule has 0 spiro atoms. The molecular formula is C11H17N3O6S. The van der Waals surface area contributed by atoms with Gasteiger partial charge in [-0.15, -0.1) is 0 Å². The number of imidazole rings is 1. The summed E-state index contributed by atoms with van der Waals surface area (Å²) in [5.41, 5.74) is 0. The second-order valence-corrected chi connectivity index (χ2v) is 5.83. The number of hydrogen-bond donors (Lipinski definition) is 2. The smallest absolute Gasteiger partial charge is 0.321 e. The monoisotopic (exact) mass is 319 g/mol. The van der Waals surface area contributed by atoms with E-state index >= 15 is 0 Å². The van der Waals surface area contributed by atoms with Crippen molar-refractivity contribution in [2.75, 3.05) is 7.11 Å². The lowest BCUT2D eigenvalue weighted by molar-refractivity contribution is -0.142. The van der Waals surface area contributed by atoms with Crippen molar-refractivity contribution in [3.63, 3.8) is 0 Å². The number of aromatic nitrogens is 2. The molecule has 0 aliphatic rings. The highest BCUT2D eigenvalue weighted by Crippen LogP contribution is 2.09. The standard InChI is InChI=1S/C11H17N3O6S/c1-3-14-6-9(12-7-14)21(18,19)13-8(11(16)17)4-5-10(15)20-2/h6-8,13H,3-5H2,1-2H3,(H,16,17)/t8-/m1/s1. The summed E-state index contributed by atoms with van der Waals surface area (Å²) in [5.74, 6) is -1.99. The molecular weight excluding hydrogens is 302 g/mol. The second kappa shape index (κ2) is 7.18. The third kappa shape index (κ3) is 4.83. The SMILES string of the molecule is CCn1cnc(S(=O)(=O)N[C@H](CCC(=O)OC)C(=O)O)c1. The summed E-state index contributed by atoms with van der Waals surface area (Å²) in [5, 5.41) is 8.75. The minimum absolute atomic E-state index is 0.209. The zero-order valence-electron chi connectivity index (χ0n) is 11.6. The third-order valence-electron chi connectivity index (χ3n) is 2.71. The molecule has 0 saturated carbocycles. The van der Waals surface area contributed by atoms with E-state index in [1.54, 1.807) is 4.57 Å². The quantitative estimate of drug-likeness (QED) is 0.623. The number of hydrogen-bond acceptors (Lipinski definition) is 6. The van der Waals surface area contributed by atoms with Crippen molar-refractivity contribution in [3.8, 4) is 0 Å². The molecule has 0 saturated heterocycles. The molecule has 10 heteroatoms. The van der Waals surface area contributed by atoms with Crippen molar-refractivity contribution in [2.45, 2.75) is 37.4 Å². The van der Waals surface area contributed by atoms with E-state index in [9.17, 15) is 18.0 Å². The van der Waals surface area contributed by atoms with Crippen molar-refractivity contribution in [2.24, 2.45) is 0 Å². The largest absolute Gasteiger partial charge is 0.480 e. The number of aryl methyl sites for hydroxylation is 1. The fourth-order valence-electron chi connectivity index (χ4n) is 1.50. The minimum Gasteiger partial charge on any atom is -0.480 e. The fourth-order valence-corrected chi connectivity index (χ4v) is 2.67. The van der Waals surface area contributed by atoms with Crippen molar-refractivity contribution in [3.05, 3.63) is 12.5 Å². The zero-order chi connectivity index (χ0) is 16.0. The molecule has 0 radical (unpaired) electrons. The highest BCUT2D eigenvalue weighted by molar-refractivity contribution is 7.89. The molecule has 0 aliphatic carbocycles. The molecule has 1 aromatic heterocycles. The first-order valence-electron chi connectivity index (χ1n) is 6.14. The first kappa shape index (κ1) is 17.1. The zero-order valence-corrected chi connectivity index (χ0v) is 12.5. The summed E-state index contributed by atoms with van der Waals surface area (Å²) < 4.78 is 32.0. The van der Waals surface area contributed by atoms with E-state index in [4.69, 9.17) is 5.11 Å².